The molecule has 2 N–H and O–H groups in total. The van der Waals surface area contributed by atoms with Gasteiger partial charge < -0.3 is 14.9 Å². The van der Waals surface area contributed by atoms with Crippen molar-refractivity contribution < 1.29 is 19.7 Å². The number of aliphatic hydroxyl groups excluding tert-OH is 1. The van der Waals surface area contributed by atoms with E-state index in [0.29, 0.717) is 0 Å². The van der Waals surface area contributed by atoms with Crippen LogP contribution in [0.2, 0.25) is 0 Å². The predicted octanol–water partition coefficient (Wildman–Crippen LogP) is 5.42. The molecule has 6 rings (SSSR count). The number of aliphatic carboxylic acids is 1. The molecule has 0 atom stereocenters. The Labute approximate surface area is 183 Å². The number of aliphatic hydroxyl groups is 1. The molecule has 31 heavy (non-hydrogen) atoms. The molecular formula is C27H30O4. The molecule has 0 aliphatic heterocycles. The first-order valence-corrected chi connectivity index (χ1v) is 11.3. The Morgan fingerprint density at radius 3 is 2.32 bits per heavy atom. The van der Waals surface area contributed by atoms with E-state index < -0.39 is 5.97 Å². The van der Waals surface area contributed by atoms with Gasteiger partial charge in [-0.1, -0.05) is 18.2 Å². The summed E-state index contributed by atoms with van der Waals surface area (Å²) in [5.41, 5.74) is 5.21. The zero-order valence-corrected chi connectivity index (χ0v) is 18.0. The van der Waals surface area contributed by atoms with Crippen molar-refractivity contribution in [3.05, 3.63) is 59.2 Å². The molecule has 0 aromatic heterocycles. The number of carboxylic acid groups (broad SMARTS) is 1. The molecule has 4 heteroatoms. The zero-order valence-electron chi connectivity index (χ0n) is 18.0. The SMILES string of the molecule is COc1ccc(-c2ccc(C=CC(=O)O)cc2CO)cc1C12CC3CC(CC(C3)C1)C2. The summed E-state index contributed by atoms with van der Waals surface area (Å²) in [6.45, 7) is -0.0944. The topological polar surface area (TPSA) is 66.8 Å². The number of methoxy groups -OCH3 is 1. The van der Waals surface area contributed by atoms with E-state index in [-0.39, 0.29) is 12.0 Å². The highest BCUT2D eigenvalue weighted by atomic mass is 16.5. The van der Waals surface area contributed by atoms with Crippen LogP contribution in [-0.4, -0.2) is 23.3 Å². The molecule has 0 radical (unpaired) electrons. The van der Waals surface area contributed by atoms with Gasteiger partial charge in [-0.05, 0) is 108 Å². The lowest BCUT2D eigenvalue weighted by molar-refractivity contribution is -0.131. The number of hydrogen-bond donors (Lipinski definition) is 2. The average Bonchev–Trinajstić information content (AvgIpc) is 2.76. The average molecular weight is 419 g/mol. The molecule has 2 aromatic rings. The van der Waals surface area contributed by atoms with Crippen molar-refractivity contribution in [1.82, 2.24) is 0 Å². The quantitative estimate of drug-likeness (QED) is 0.615. The van der Waals surface area contributed by atoms with Gasteiger partial charge in [-0.3, -0.25) is 0 Å². The summed E-state index contributed by atoms with van der Waals surface area (Å²) in [5, 5.41) is 18.9. The van der Waals surface area contributed by atoms with Gasteiger partial charge in [0.15, 0.2) is 0 Å². The molecule has 4 nitrogen and oxygen atoms in total. The summed E-state index contributed by atoms with van der Waals surface area (Å²) in [6, 6.07) is 12.2. The molecule has 0 unspecified atom stereocenters. The van der Waals surface area contributed by atoms with E-state index in [0.717, 1.165) is 51.8 Å². The van der Waals surface area contributed by atoms with Crippen molar-refractivity contribution in [3.63, 3.8) is 0 Å². The van der Waals surface area contributed by atoms with E-state index in [2.05, 4.69) is 18.2 Å². The number of carboxylic acids is 1. The van der Waals surface area contributed by atoms with Gasteiger partial charge in [0.2, 0.25) is 0 Å². The van der Waals surface area contributed by atoms with Gasteiger partial charge in [-0.2, -0.15) is 0 Å². The van der Waals surface area contributed by atoms with Crippen LogP contribution in [0.5, 0.6) is 5.75 Å². The lowest BCUT2D eigenvalue weighted by Gasteiger charge is -2.57. The first-order chi connectivity index (χ1) is 15.0. The third-order valence-corrected chi connectivity index (χ3v) is 7.84. The summed E-state index contributed by atoms with van der Waals surface area (Å²) < 4.78 is 5.84. The van der Waals surface area contributed by atoms with E-state index in [9.17, 15) is 9.90 Å². The van der Waals surface area contributed by atoms with Crippen LogP contribution in [0.25, 0.3) is 17.2 Å². The van der Waals surface area contributed by atoms with Gasteiger partial charge in [-0.25, -0.2) is 4.79 Å². The number of ether oxygens (including phenoxy) is 1. The first kappa shape index (κ1) is 20.3. The highest BCUT2D eigenvalue weighted by Gasteiger charge is 2.52. The normalized spacial score (nSPS) is 28.9. The minimum atomic E-state index is -0.981. The zero-order chi connectivity index (χ0) is 21.6. The van der Waals surface area contributed by atoms with Gasteiger partial charge in [-0.15, -0.1) is 0 Å². The van der Waals surface area contributed by atoms with Crippen LogP contribution in [0.1, 0.15) is 55.2 Å². The molecule has 4 bridgehead atoms. The molecule has 0 amide bonds. The standard InChI is InChI=1S/C27H30O4/c1-31-25-6-4-21(23-5-2-17(3-7-26(29)30)11-22(23)16-28)12-24(25)27-13-18-8-19(14-27)10-20(9-18)15-27/h2-7,11-12,18-20,28H,8-10,13-16H2,1H3,(H,29,30). The molecule has 162 valence electrons. The molecule has 4 saturated carbocycles. The maximum atomic E-state index is 10.8. The number of rotatable bonds is 6. The van der Waals surface area contributed by atoms with Crippen molar-refractivity contribution in [3.8, 4) is 16.9 Å². The van der Waals surface area contributed by atoms with Crippen molar-refractivity contribution in [2.45, 2.75) is 50.5 Å². The first-order valence-electron chi connectivity index (χ1n) is 11.3. The summed E-state index contributed by atoms with van der Waals surface area (Å²) in [4.78, 5) is 10.8. The number of carbonyl (C=O) groups is 1. The second-order valence-electron chi connectivity index (χ2n) is 9.86. The summed E-state index contributed by atoms with van der Waals surface area (Å²) in [7, 11) is 1.77. The lowest BCUT2D eigenvalue weighted by Crippen LogP contribution is -2.48. The predicted molar refractivity (Wildman–Crippen MR) is 121 cm³/mol. The lowest BCUT2D eigenvalue weighted by atomic mass is 9.48. The summed E-state index contributed by atoms with van der Waals surface area (Å²) in [5.74, 6) is 2.57. The highest BCUT2D eigenvalue weighted by molar-refractivity contribution is 5.85. The molecule has 4 aliphatic rings. The fourth-order valence-electron chi connectivity index (χ4n) is 7.03. The Hall–Kier alpha value is -2.59. The van der Waals surface area contributed by atoms with Crippen LogP contribution in [-0.2, 0) is 16.8 Å². The summed E-state index contributed by atoms with van der Waals surface area (Å²) >= 11 is 0. The van der Waals surface area contributed by atoms with Gasteiger partial charge >= 0.3 is 5.97 Å². The smallest absolute Gasteiger partial charge is 0.328 e. The second kappa shape index (κ2) is 7.83. The van der Waals surface area contributed by atoms with Gasteiger partial charge in [0, 0.05) is 11.6 Å². The summed E-state index contributed by atoms with van der Waals surface area (Å²) in [6.07, 6.45) is 10.7. The van der Waals surface area contributed by atoms with Crippen LogP contribution >= 0.6 is 0 Å². The number of hydrogen-bond acceptors (Lipinski definition) is 3. The van der Waals surface area contributed by atoms with Crippen molar-refractivity contribution in [2.75, 3.05) is 7.11 Å². The molecule has 0 saturated heterocycles. The fraction of sp³-hybridized carbons (Fsp3) is 0.444. The third-order valence-electron chi connectivity index (χ3n) is 7.84. The van der Waals surface area contributed by atoms with Crippen molar-refractivity contribution in [2.24, 2.45) is 17.8 Å². The van der Waals surface area contributed by atoms with Gasteiger partial charge in [0.05, 0.1) is 13.7 Å². The van der Waals surface area contributed by atoms with Gasteiger partial charge in [0.1, 0.15) is 5.75 Å². The second-order valence-corrected chi connectivity index (χ2v) is 9.86. The van der Waals surface area contributed by atoms with Crippen LogP contribution in [0.3, 0.4) is 0 Å². The Morgan fingerprint density at radius 2 is 1.74 bits per heavy atom. The molecule has 4 fully saturated rings. The Kier molecular flexibility index (Phi) is 5.13. The minimum absolute atomic E-state index is 0.0944. The Balaban J connectivity index is 1.56. The molecule has 2 aromatic carbocycles. The third kappa shape index (κ3) is 3.67. The Bertz CT molecular complexity index is 1000. The van der Waals surface area contributed by atoms with Crippen LogP contribution in [0, 0.1) is 17.8 Å². The number of benzene rings is 2. The maximum absolute atomic E-state index is 10.8. The van der Waals surface area contributed by atoms with E-state index >= 15 is 0 Å². The molecule has 0 spiro atoms. The van der Waals surface area contributed by atoms with Crippen molar-refractivity contribution >= 4 is 12.0 Å². The maximum Gasteiger partial charge on any atom is 0.328 e. The monoisotopic (exact) mass is 418 g/mol. The van der Waals surface area contributed by atoms with Gasteiger partial charge in [0.25, 0.3) is 0 Å². The fourth-order valence-corrected chi connectivity index (χ4v) is 7.03. The van der Waals surface area contributed by atoms with E-state index in [4.69, 9.17) is 9.84 Å². The van der Waals surface area contributed by atoms with E-state index in [1.165, 1.54) is 44.1 Å². The Morgan fingerprint density at radius 1 is 1.06 bits per heavy atom. The van der Waals surface area contributed by atoms with E-state index in [1.54, 1.807) is 13.2 Å². The minimum Gasteiger partial charge on any atom is -0.496 e. The molecule has 4 aliphatic carbocycles. The van der Waals surface area contributed by atoms with Crippen LogP contribution in [0.4, 0.5) is 0 Å². The van der Waals surface area contributed by atoms with Crippen molar-refractivity contribution in [1.29, 1.82) is 0 Å². The highest BCUT2D eigenvalue weighted by Crippen LogP contribution is 2.62. The largest absolute Gasteiger partial charge is 0.496 e. The van der Waals surface area contributed by atoms with Crippen LogP contribution < -0.4 is 4.74 Å². The van der Waals surface area contributed by atoms with Crippen LogP contribution in [0.15, 0.2) is 42.5 Å². The molecule has 0 heterocycles. The van der Waals surface area contributed by atoms with E-state index in [1.807, 2.05) is 18.2 Å². The molecular weight excluding hydrogens is 388 g/mol.